The number of rotatable bonds is 6. The molecule has 0 saturated carbocycles. The quantitative estimate of drug-likeness (QED) is 0.478. The number of esters is 1. The molecule has 2 aromatic heterocycles. The highest BCUT2D eigenvalue weighted by Gasteiger charge is 2.16. The standard InChI is InChI=1S/C12H15IN4O2/c1-2-19-12(18)10-8-11(9-4-6-14-15-9)17(16-10)7-3-5-13/h4,6,8H,2-3,5,7H2,1H3,(H,14,15). The highest BCUT2D eigenvalue weighted by atomic mass is 127. The molecule has 0 saturated heterocycles. The molecule has 0 amide bonds. The first kappa shape index (κ1) is 14.0. The predicted octanol–water partition coefficient (Wildman–Crippen LogP) is 2.28. The van der Waals surface area contributed by atoms with Crippen LogP contribution in [0.3, 0.4) is 0 Å². The minimum atomic E-state index is -0.392. The van der Waals surface area contributed by atoms with Crippen molar-refractivity contribution in [3.05, 3.63) is 24.0 Å². The van der Waals surface area contributed by atoms with Crippen molar-refractivity contribution in [2.75, 3.05) is 11.0 Å². The van der Waals surface area contributed by atoms with Gasteiger partial charge in [0.15, 0.2) is 5.69 Å². The smallest absolute Gasteiger partial charge is 0.358 e. The Kier molecular flexibility index (Phi) is 4.94. The molecule has 19 heavy (non-hydrogen) atoms. The second-order valence-corrected chi connectivity index (χ2v) is 4.95. The van der Waals surface area contributed by atoms with E-state index in [4.69, 9.17) is 4.74 Å². The van der Waals surface area contributed by atoms with Crippen LogP contribution in [0, 0.1) is 0 Å². The number of alkyl halides is 1. The van der Waals surface area contributed by atoms with Gasteiger partial charge in [0.1, 0.15) is 0 Å². The Balaban J connectivity index is 2.31. The van der Waals surface area contributed by atoms with Gasteiger partial charge in [0.2, 0.25) is 0 Å². The summed E-state index contributed by atoms with van der Waals surface area (Å²) in [5.74, 6) is -0.392. The van der Waals surface area contributed by atoms with Crippen LogP contribution in [0.25, 0.3) is 11.4 Å². The monoisotopic (exact) mass is 374 g/mol. The molecule has 7 heteroatoms. The predicted molar refractivity (Wildman–Crippen MR) is 79.3 cm³/mol. The number of hydrogen-bond donors (Lipinski definition) is 1. The number of ether oxygens (including phenoxy) is 1. The Morgan fingerprint density at radius 3 is 3.05 bits per heavy atom. The summed E-state index contributed by atoms with van der Waals surface area (Å²) in [6.45, 7) is 2.89. The number of carbonyl (C=O) groups excluding carboxylic acids is 1. The average Bonchev–Trinajstić information content (AvgIpc) is 3.05. The van der Waals surface area contributed by atoms with Crippen molar-refractivity contribution < 1.29 is 9.53 Å². The fourth-order valence-electron chi connectivity index (χ4n) is 1.72. The molecule has 0 aliphatic carbocycles. The number of aromatic nitrogens is 4. The average molecular weight is 374 g/mol. The maximum Gasteiger partial charge on any atom is 0.358 e. The van der Waals surface area contributed by atoms with E-state index in [1.807, 2.05) is 10.7 Å². The summed E-state index contributed by atoms with van der Waals surface area (Å²) in [7, 11) is 0. The molecule has 0 bridgehead atoms. The third-order valence-electron chi connectivity index (χ3n) is 2.54. The van der Waals surface area contributed by atoms with Gasteiger partial charge in [0.25, 0.3) is 0 Å². The fraction of sp³-hybridized carbons (Fsp3) is 0.417. The van der Waals surface area contributed by atoms with Crippen LogP contribution in [0.5, 0.6) is 0 Å². The third kappa shape index (κ3) is 3.34. The van der Waals surface area contributed by atoms with E-state index in [1.165, 1.54) is 0 Å². The van der Waals surface area contributed by atoms with E-state index in [9.17, 15) is 4.79 Å². The van der Waals surface area contributed by atoms with Crippen molar-refractivity contribution in [1.82, 2.24) is 20.0 Å². The van der Waals surface area contributed by atoms with Gasteiger partial charge < -0.3 is 4.74 Å². The lowest BCUT2D eigenvalue weighted by molar-refractivity contribution is 0.0518. The molecule has 0 aliphatic rings. The highest BCUT2D eigenvalue weighted by molar-refractivity contribution is 14.1. The molecule has 0 unspecified atom stereocenters. The SMILES string of the molecule is CCOC(=O)c1cc(-c2ccn[nH]2)n(CCCI)n1. The maximum absolute atomic E-state index is 11.7. The van der Waals surface area contributed by atoms with Crippen molar-refractivity contribution >= 4 is 28.6 Å². The molecule has 0 radical (unpaired) electrons. The zero-order chi connectivity index (χ0) is 13.7. The molecule has 1 N–H and O–H groups in total. The summed E-state index contributed by atoms with van der Waals surface area (Å²) in [6.07, 6.45) is 2.67. The summed E-state index contributed by atoms with van der Waals surface area (Å²) < 4.78 is 7.83. The molecule has 0 atom stereocenters. The summed E-state index contributed by atoms with van der Waals surface area (Å²) >= 11 is 2.32. The lowest BCUT2D eigenvalue weighted by Crippen LogP contribution is -2.08. The Morgan fingerprint density at radius 2 is 2.42 bits per heavy atom. The molecule has 2 heterocycles. The molecule has 102 valence electrons. The van der Waals surface area contributed by atoms with Gasteiger partial charge in [-0.05, 0) is 19.4 Å². The molecule has 0 aliphatic heterocycles. The van der Waals surface area contributed by atoms with Crippen LogP contribution >= 0.6 is 22.6 Å². The number of aryl methyl sites for hydroxylation is 1. The van der Waals surface area contributed by atoms with Crippen LogP contribution in [-0.4, -0.2) is 37.0 Å². The molecule has 2 aromatic rings. The second-order valence-electron chi connectivity index (χ2n) is 3.87. The van der Waals surface area contributed by atoms with Gasteiger partial charge in [-0.1, -0.05) is 22.6 Å². The number of aromatic amines is 1. The first-order valence-electron chi connectivity index (χ1n) is 6.07. The number of halogens is 1. The van der Waals surface area contributed by atoms with E-state index in [0.29, 0.717) is 12.3 Å². The van der Waals surface area contributed by atoms with Gasteiger partial charge in [-0.2, -0.15) is 10.2 Å². The Morgan fingerprint density at radius 1 is 1.58 bits per heavy atom. The molecular formula is C12H15IN4O2. The summed E-state index contributed by atoms with van der Waals surface area (Å²) in [5.41, 5.74) is 2.03. The van der Waals surface area contributed by atoms with Gasteiger partial charge in [0, 0.05) is 23.2 Å². The molecular weight excluding hydrogens is 359 g/mol. The van der Waals surface area contributed by atoms with Crippen molar-refractivity contribution in [2.24, 2.45) is 0 Å². The van der Waals surface area contributed by atoms with Gasteiger partial charge in [-0.3, -0.25) is 9.78 Å². The number of H-pyrrole nitrogens is 1. The van der Waals surface area contributed by atoms with Crippen LogP contribution in [0.1, 0.15) is 23.8 Å². The largest absolute Gasteiger partial charge is 0.461 e. The fourth-order valence-corrected chi connectivity index (χ4v) is 2.06. The highest BCUT2D eigenvalue weighted by Crippen LogP contribution is 2.19. The van der Waals surface area contributed by atoms with Crippen LogP contribution in [0.2, 0.25) is 0 Å². The molecule has 2 rings (SSSR count). The van der Waals surface area contributed by atoms with E-state index < -0.39 is 5.97 Å². The van der Waals surface area contributed by atoms with Crippen LogP contribution < -0.4 is 0 Å². The van der Waals surface area contributed by atoms with Gasteiger partial charge in [-0.25, -0.2) is 4.79 Å². The molecule has 6 nitrogen and oxygen atoms in total. The molecule has 0 fully saturated rings. The van der Waals surface area contributed by atoms with E-state index in [1.54, 1.807) is 19.2 Å². The lowest BCUT2D eigenvalue weighted by Gasteiger charge is -2.03. The number of nitrogens with one attached hydrogen (secondary N) is 1. The Labute approximate surface area is 124 Å². The van der Waals surface area contributed by atoms with Crippen LogP contribution in [-0.2, 0) is 11.3 Å². The van der Waals surface area contributed by atoms with Gasteiger partial charge in [0.05, 0.1) is 18.0 Å². The molecule has 0 spiro atoms. The summed E-state index contributed by atoms with van der Waals surface area (Å²) in [5, 5.41) is 11.1. The van der Waals surface area contributed by atoms with E-state index in [0.717, 1.165) is 28.8 Å². The van der Waals surface area contributed by atoms with Crippen molar-refractivity contribution in [1.29, 1.82) is 0 Å². The minimum absolute atomic E-state index is 0.333. The van der Waals surface area contributed by atoms with E-state index >= 15 is 0 Å². The second kappa shape index (κ2) is 6.69. The summed E-state index contributed by atoms with van der Waals surface area (Å²) in [4.78, 5) is 11.7. The van der Waals surface area contributed by atoms with Crippen molar-refractivity contribution in [3.63, 3.8) is 0 Å². The first-order valence-corrected chi connectivity index (χ1v) is 7.59. The lowest BCUT2D eigenvalue weighted by atomic mass is 10.3. The Bertz CT molecular complexity index is 536. The number of hydrogen-bond acceptors (Lipinski definition) is 4. The molecule has 0 aromatic carbocycles. The minimum Gasteiger partial charge on any atom is -0.461 e. The number of nitrogens with zero attached hydrogens (tertiary/aromatic N) is 3. The van der Waals surface area contributed by atoms with Crippen molar-refractivity contribution in [2.45, 2.75) is 19.9 Å². The normalized spacial score (nSPS) is 10.6. The zero-order valence-corrected chi connectivity index (χ0v) is 12.8. The van der Waals surface area contributed by atoms with Crippen LogP contribution in [0.4, 0.5) is 0 Å². The number of carbonyl (C=O) groups is 1. The van der Waals surface area contributed by atoms with E-state index in [2.05, 4.69) is 37.9 Å². The Hall–Kier alpha value is -1.38. The maximum atomic E-state index is 11.7. The van der Waals surface area contributed by atoms with Gasteiger partial charge in [-0.15, -0.1) is 0 Å². The van der Waals surface area contributed by atoms with Gasteiger partial charge >= 0.3 is 5.97 Å². The summed E-state index contributed by atoms with van der Waals surface area (Å²) in [6, 6.07) is 3.59. The van der Waals surface area contributed by atoms with Crippen LogP contribution in [0.15, 0.2) is 18.3 Å². The van der Waals surface area contributed by atoms with Crippen molar-refractivity contribution in [3.8, 4) is 11.4 Å². The first-order chi connectivity index (χ1) is 9.26. The zero-order valence-electron chi connectivity index (χ0n) is 10.6. The third-order valence-corrected chi connectivity index (χ3v) is 3.31. The topological polar surface area (TPSA) is 72.8 Å². The van der Waals surface area contributed by atoms with E-state index in [-0.39, 0.29) is 0 Å².